The van der Waals surface area contributed by atoms with Crippen LogP contribution in [0.4, 0.5) is 0 Å². The van der Waals surface area contributed by atoms with Crippen molar-refractivity contribution in [1.29, 1.82) is 0 Å². The smallest absolute Gasteiger partial charge is 0.323 e. The van der Waals surface area contributed by atoms with Crippen LogP contribution < -0.4 is 5.32 Å². The number of likely N-dealkylation sites (N-methyl/N-ethyl adjacent to an activating group) is 1. The molecule has 112 valence electrons. The minimum atomic E-state index is -0.924. The number of carboxylic acids is 1. The quantitative estimate of drug-likeness (QED) is 0.820. The van der Waals surface area contributed by atoms with Crippen molar-refractivity contribution in [3.63, 3.8) is 0 Å². The van der Waals surface area contributed by atoms with Gasteiger partial charge in [0.05, 0.1) is 0 Å². The van der Waals surface area contributed by atoms with E-state index in [1.54, 1.807) is 13.1 Å². The molecule has 0 spiro atoms. The Balaban J connectivity index is 2.15. The Bertz CT molecular complexity index is 595. The van der Waals surface area contributed by atoms with E-state index in [9.17, 15) is 9.90 Å². The molecule has 21 heavy (non-hydrogen) atoms. The molecule has 0 amide bonds. The number of hydrogen-bond acceptors (Lipinski definition) is 3. The summed E-state index contributed by atoms with van der Waals surface area (Å²) in [5, 5.41) is 12.4. The lowest BCUT2D eigenvalue weighted by atomic mass is 9.98. The summed E-state index contributed by atoms with van der Waals surface area (Å²) in [5.74, 6) is 0.0329. The van der Waals surface area contributed by atoms with Gasteiger partial charge in [-0.3, -0.25) is 4.79 Å². The van der Waals surface area contributed by atoms with Crippen molar-refractivity contribution in [3.8, 4) is 11.4 Å². The molecule has 1 unspecified atom stereocenters. The van der Waals surface area contributed by atoms with Crippen molar-refractivity contribution in [2.75, 3.05) is 6.54 Å². The van der Waals surface area contributed by atoms with Crippen LogP contribution in [0.2, 0.25) is 0 Å². The van der Waals surface area contributed by atoms with Gasteiger partial charge < -0.3 is 15.0 Å². The van der Waals surface area contributed by atoms with Crippen molar-refractivity contribution >= 4 is 5.97 Å². The van der Waals surface area contributed by atoms with E-state index in [4.69, 9.17) is 0 Å². The second kappa shape index (κ2) is 6.54. The first-order valence-electron chi connectivity index (χ1n) is 7.12. The molecule has 0 saturated heterocycles. The molecule has 0 fully saturated rings. The van der Waals surface area contributed by atoms with Crippen LogP contribution in [-0.4, -0.2) is 32.7 Å². The molecular formula is C16H21N3O2. The molecule has 0 aliphatic heterocycles. The first kappa shape index (κ1) is 15.3. The molecule has 2 rings (SSSR count). The average molecular weight is 287 g/mol. The van der Waals surface area contributed by atoms with E-state index in [1.165, 1.54) is 0 Å². The number of carbonyl (C=O) groups is 1. The van der Waals surface area contributed by atoms with Gasteiger partial charge in [-0.2, -0.15) is 0 Å². The fourth-order valence-corrected chi connectivity index (χ4v) is 2.34. The number of nitrogens with one attached hydrogen (secondary N) is 1. The van der Waals surface area contributed by atoms with Crippen molar-refractivity contribution in [2.24, 2.45) is 0 Å². The fraction of sp³-hybridized carbons (Fsp3) is 0.375. The predicted octanol–water partition coefficient (Wildman–Crippen LogP) is 2.39. The Morgan fingerprint density at radius 1 is 1.38 bits per heavy atom. The monoisotopic (exact) mass is 287 g/mol. The van der Waals surface area contributed by atoms with Gasteiger partial charge in [-0.1, -0.05) is 37.3 Å². The SMILES string of the molecule is CCNC(C)(CCn1ccnc1-c1ccccc1)C(=O)O. The van der Waals surface area contributed by atoms with Crippen LogP contribution in [0.15, 0.2) is 42.7 Å². The van der Waals surface area contributed by atoms with Crippen molar-refractivity contribution in [1.82, 2.24) is 14.9 Å². The molecule has 1 heterocycles. The fourth-order valence-electron chi connectivity index (χ4n) is 2.34. The molecule has 0 saturated carbocycles. The molecule has 0 bridgehead atoms. The average Bonchev–Trinajstić information content (AvgIpc) is 2.95. The topological polar surface area (TPSA) is 67.2 Å². The molecule has 0 aliphatic carbocycles. The summed E-state index contributed by atoms with van der Waals surface area (Å²) >= 11 is 0. The molecule has 1 aromatic heterocycles. The maximum atomic E-state index is 11.4. The summed E-state index contributed by atoms with van der Waals surface area (Å²) < 4.78 is 1.99. The van der Waals surface area contributed by atoms with Gasteiger partial charge in [0.25, 0.3) is 0 Å². The van der Waals surface area contributed by atoms with Crippen LogP contribution in [-0.2, 0) is 11.3 Å². The maximum Gasteiger partial charge on any atom is 0.323 e. The molecular weight excluding hydrogens is 266 g/mol. The summed E-state index contributed by atoms with van der Waals surface area (Å²) in [6.07, 6.45) is 4.12. The van der Waals surface area contributed by atoms with Crippen molar-refractivity contribution < 1.29 is 9.90 Å². The number of aliphatic carboxylic acids is 1. The van der Waals surface area contributed by atoms with E-state index in [1.807, 2.05) is 48.0 Å². The minimum absolute atomic E-state index is 0.492. The molecule has 2 aromatic rings. The van der Waals surface area contributed by atoms with Crippen molar-refractivity contribution in [3.05, 3.63) is 42.7 Å². The third-order valence-electron chi connectivity index (χ3n) is 3.64. The van der Waals surface area contributed by atoms with E-state index in [2.05, 4.69) is 10.3 Å². The third kappa shape index (κ3) is 3.49. The number of imidazole rings is 1. The maximum absolute atomic E-state index is 11.4. The lowest BCUT2D eigenvalue weighted by molar-refractivity contribution is -0.144. The second-order valence-corrected chi connectivity index (χ2v) is 5.23. The zero-order valence-corrected chi connectivity index (χ0v) is 12.4. The highest BCUT2D eigenvalue weighted by Crippen LogP contribution is 2.19. The van der Waals surface area contributed by atoms with Crippen LogP contribution in [0, 0.1) is 0 Å². The van der Waals surface area contributed by atoms with Gasteiger partial charge in [0.2, 0.25) is 0 Å². The highest BCUT2D eigenvalue weighted by molar-refractivity contribution is 5.78. The first-order valence-corrected chi connectivity index (χ1v) is 7.12. The summed E-state index contributed by atoms with van der Waals surface area (Å²) in [5.41, 5.74) is 0.107. The van der Waals surface area contributed by atoms with Gasteiger partial charge in [-0.15, -0.1) is 0 Å². The summed E-state index contributed by atoms with van der Waals surface area (Å²) in [6, 6.07) is 9.89. The zero-order valence-electron chi connectivity index (χ0n) is 12.4. The van der Waals surface area contributed by atoms with E-state index in [-0.39, 0.29) is 0 Å². The van der Waals surface area contributed by atoms with Crippen LogP contribution in [0.5, 0.6) is 0 Å². The van der Waals surface area contributed by atoms with Crippen LogP contribution in [0.3, 0.4) is 0 Å². The number of benzene rings is 1. The van der Waals surface area contributed by atoms with Crippen molar-refractivity contribution in [2.45, 2.75) is 32.4 Å². The molecule has 5 nitrogen and oxygen atoms in total. The molecule has 5 heteroatoms. The molecule has 0 aliphatic rings. The van der Waals surface area contributed by atoms with Gasteiger partial charge in [0.15, 0.2) is 0 Å². The van der Waals surface area contributed by atoms with E-state index in [0.717, 1.165) is 11.4 Å². The second-order valence-electron chi connectivity index (χ2n) is 5.23. The van der Waals surface area contributed by atoms with Crippen LogP contribution >= 0.6 is 0 Å². The third-order valence-corrected chi connectivity index (χ3v) is 3.64. The Hall–Kier alpha value is -2.14. The van der Waals surface area contributed by atoms with Gasteiger partial charge in [-0.25, -0.2) is 4.98 Å². The lowest BCUT2D eigenvalue weighted by Gasteiger charge is -2.26. The van der Waals surface area contributed by atoms with Gasteiger partial charge >= 0.3 is 5.97 Å². The zero-order chi connectivity index (χ0) is 15.3. The number of aromatic nitrogens is 2. The molecule has 1 atom stereocenters. The Kier molecular flexibility index (Phi) is 4.75. The van der Waals surface area contributed by atoms with E-state index < -0.39 is 11.5 Å². The van der Waals surface area contributed by atoms with E-state index in [0.29, 0.717) is 19.5 Å². The Morgan fingerprint density at radius 2 is 2.10 bits per heavy atom. The standard InChI is InChI=1S/C16H21N3O2/c1-3-18-16(2,15(20)21)9-11-19-12-10-17-14(19)13-7-5-4-6-8-13/h4-8,10,12,18H,3,9,11H2,1-2H3,(H,20,21). The highest BCUT2D eigenvalue weighted by Gasteiger charge is 2.31. The van der Waals surface area contributed by atoms with Crippen LogP contribution in [0.1, 0.15) is 20.3 Å². The van der Waals surface area contributed by atoms with Gasteiger partial charge in [-0.05, 0) is 19.9 Å². The summed E-state index contributed by atoms with van der Waals surface area (Å²) in [7, 11) is 0. The number of carboxylic acid groups (broad SMARTS) is 1. The number of hydrogen-bond donors (Lipinski definition) is 2. The Morgan fingerprint density at radius 3 is 2.71 bits per heavy atom. The number of aryl methyl sites for hydroxylation is 1. The predicted molar refractivity (Wildman–Crippen MR) is 82.0 cm³/mol. The van der Waals surface area contributed by atoms with Gasteiger partial charge in [0, 0.05) is 24.5 Å². The number of nitrogens with zero attached hydrogens (tertiary/aromatic N) is 2. The number of rotatable bonds is 7. The first-order chi connectivity index (χ1) is 10.1. The van der Waals surface area contributed by atoms with Gasteiger partial charge in [0.1, 0.15) is 11.4 Å². The normalized spacial score (nSPS) is 13.8. The lowest BCUT2D eigenvalue weighted by Crippen LogP contribution is -2.50. The summed E-state index contributed by atoms with van der Waals surface area (Å²) in [6.45, 7) is 4.85. The largest absolute Gasteiger partial charge is 0.480 e. The highest BCUT2D eigenvalue weighted by atomic mass is 16.4. The van der Waals surface area contributed by atoms with Crippen LogP contribution in [0.25, 0.3) is 11.4 Å². The summed E-state index contributed by atoms with van der Waals surface area (Å²) in [4.78, 5) is 15.8. The minimum Gasteiger partial charge on any atom is -0.480 e. The molecule has 2 N–H and O–H groups in total. The molecule has 1 aromatic carbocycles. The molecule has 0 radical (unpaired) electrons. The van der Waals surface area contributed by atoms with E-state index >= 15 is 0 Å². The Labute approximate surface area is 124 Å².